The molecule has 1 aromatic carbocycles. The molecule has 0 spiro atoms. The summed E-state index contributed by atoms with van der Waals surface area (Å²) >= 11 is 0. The van der Waals surface area contributed by atoms with Crippen LogP contribution in [0.1, 0.15) is 15.9 Å². The van der Waals surface area contributed by atoms with Gasteiger partial charge in [0.1, 0.15) is 5.82 Å². The fourth-order valence-corrected chi connectivity index (χ4v) is 1.99. The molecule has 0 aliphatic rings. The Morgan fingerprint density at radius 2 is 2.00 bits per heavy atom. The van der Waals surface area contributed by atoms with E-state index in [0.717, 1.165) is 5.56 Å². The maximum atomic E-state index is 12.9. The van der Waals surface area contributed by atoms with E-state index in [4.69, 9.17) is 5.73 Å². The summed E-state index contributed by atoms with van der Waals surface area (Å²) in [5.74, 6) is -0.319. The predicted octanol–water partition coefficient (Wildman–Crippen LogP) is 2.23. The first kappa shape index (κ1) is 14.8. The highest BCUT2D eigenvalue weighted by Gasteiger charge is 2.16. The molecule has 0 bridgehead atoms. The number of anilines is 2. The van der Waals surface area contributed by atoms with E-state index in [2.05, 4.69) is 9.72 Å². The molecule has 0 radical (unpaired) electrons. The van der Waals surface area contributed by atoms with Crippen molar-refractivity contribution in [3.63, 3.8) is 0 Å². The topological polar surface area (TPSA) is 68.5 Å². The van der Waals surface area contributed by atoms with Crippen molar-refractivity contribution in [2.45, 2.75) is 6.54 Å². The summed E-state index contributed by atoms with van der Waals surface area (Å²) in [5.41, 5.74) is 7.41. The fraction of sp³-hybridized carbons (Fsp3) is 0.200. The molecule has 0 saturated carbocycles. The second-order valence-electron chi connectivity index (χ2n) is 4.57. The maximum absolute atomic E-state index is 12.9. The van der Waals surface area contributed by atoms with Crippen molar-refractivity contribution in [2.24, 2.45) is 0 Å². The second-order valence-corrected chi connectivity index (χ2v) is 4.57. The molecule has 0 aliphatic heterocycles. The molecule has 2 rings (SSSR count). The van der Waals surface area contributed by atoms with Crippen molar-refractivity contribution in [3.05, 3.63) is 53.5 Å². The van der Waals surface area contributed by atoms with E-state index < -0.39 is 5.97 Å². The zero-order chi connectivity index (χ0) is 15.4. The minimum Gasteiger partial charge on any atom is -0.465 e. The monoisotopic (exact) mass is 289 g/mol. The van der Waals surface area contributed by atoms with Crippen LogP contribution >= 0.6 is 0 Å². The van der Waals surface area contributed by atoms with Gasteiger partial charge in [-0.05, 0) is 23.8 Å². The summed E-state index contributed by atoms with van der Waals surface area (Å²) in [6.45, 7) is 0.488. The van der Waals surface area contributed by atoms with Crippen LogP contribution in [0.25, 0.3) is 0 Å². The molecule has 1 heterocycles. The molecule has 0 amide bonds. The first-order valence-electron chi connectivity index (χ1n) is 6.31. The minimum atomic E-state index is -0.508. The van der Waals surface area contributed by atoms with Crippen molar-refractivity contribution in [1.29, 1.82) is 0 Å². The van der Waals surface area contributed by atoms with Crippen molar-refractivity contribution in [1.82, 2.24) is 4.98 Å². The van der Waals surface area contributed by atoms with Crippen LogP contribution < -0.4 is 10.6 Å². The Labute approximate surface area is 122 Å². The number of rotatable bonds is 4. The van der Waals surface area contributed by atoms with Crippen LogP contribution in [0.3, 0.4) is 0 Å². The number of halogens is 1. The van der Waals surface area contributed by atoms with E-state index in [-0.39, 0.29) is 17.1 Å². The number of aromatic nitrogens is 1. The fourth-order valence-electron chi connectivity index (χ4n) is 1.99. The Balaban J connectivity index is 2.25. The number of hydrogen-bond acceptors (Lipinski definition) is 5. The van der Waals surface area contributed by atoms with E-state index in [1.807, 2.05) is 0 Å². The number of nitrogens with zero attached hydrogens (tertiary/aromatic N) is 2. The van der Waals surface area contributed by atoms with Gasteiger partial charge in [-0.3, -0.25) is 0 Å². The standard InChI is InChI=1S/C15H16FN3O2/c1-19(9-10-3-5-11(16)6-4-10)14-13(17)12(7-8-18-14)15(20)21-2/h3-8H,9,17H2,1-2H3. The van der Waals surface area contributed by atoms with Crippen LogP contribution in [-0.4, -0.2) is 25.1 Å². The van der Waals surface area contributed by atoms with Crippen molar-refractivity contribution < 1.29 is 13.9 Å². The van der Waals surface area contributed by atoms with E-state index in [1.165, 1.54) is 31.5 Å². The molecule has 0 atom stereocenters. The van der Waals surface area contributed by atoms with Gasteiger partial charge in [-0.2, -0.15) is 0 Å². The van der Waals surface area contributed by atoms with Gasteiger partial charge in [-0.25, -0.2) is 14.2 Å². The van der Waals surface area contributed by atoms with Gasteiger partial charge in [0.2, 0.25) is 0 Å². The number of nitrogen functional groups attached to an aromatic ring is 1. The lowest BCUT2D eigenvalue weighted by Gasteiger charge is -2.20. The van der Waals surface area contributed by atoms with Gasteiger partial charge in [-0.15, -0.1) is 0 Å². The minimum absolute atomic E-state index is 0.258. The number of carbonyl (C=O) groups excluding carboxylic acids is 1. The number of nitrogens with two attached hydrogens (primary N) is 1. The van der Waals surface area contributed by atoms with E-state index in [1.54, 1.807) is 24.1 Å². The van der Waals surface area contributed by atoms with E-state index >= 15 is 0 Å². The molecule has 21 heavy (non-hydrogen) atoms. The smallest absolute Gasteiger partial charge is 0.340 e. The lowest BCUT2D eigenvalue weighted by molar-refractivity contribution is 0.0602. The van der Waals surface area contributed by atoms with Gasteiger partial charge in [0.15, 0.2) is 5.82 Å². The number of carbonyl (C=O) groups is 1. The lowest BCUT2D eigenvalue weighted by Crippen LogP contribution is -2.20. The van der Waals surface area contributed by atoms with Gasteiger partial charge >= 0.3 is 5.97 Å². The Morgan fingerprint density at radius 3 is 2.62 bits per heavy atom. The van der Waals surface area contributed by atoms with Gasteiger partial charge in [0, 0.05) is 19.8 Å². The van der Waals surface area contributed by atoms with Crippen LogP contribution in [0.2, 0.25) is 0 Å². The molecule has 2 aromatic rings. The quantitative estimate of drug-likeness (QED) is 0.874. The van der Waals surface area contributed by atoms with E-state index in [9.17, 15) is 9.18 Å². The van der Waals surface area contributed by atoms with Gasteiger partial charge in [-0.1, -0.05) is 12.1 Å². The summed E-state index contributed by atoms with van der Waals surface area (Å²) in [7, 11) is 3.09. The number of hydrogen-bond donors (Lipinski definition) is 1. The Bertz CT molecular complexity index is 644. The maximum Gasteiger partial charge on any atom is 0.340 e. The number of esters is 1. The van der Waals surface area contributed by atoms with Crippen LogP contribution in [0.15, 0.2) is 36.5 Å². The van der Waals surface area contributed by atoms with Crippen molar-refractivity contribution in [2.75, 3.05) is 24.8 Å². The molecule has 6 heteroatoms. The average Bonchev–Trinajstić information content (AvgIpc) is 2.49. The van der Waals surface area contributed by atoms with Crippen LogP contribution in [-0.2, 0) is 11.3 Å². The summed E-state index contributed by atoms with van der Waals surface area (Å²) in [6, 6.07) is 7.67. The highest BCUT2D eigenvalue weighted by Crippen LogP contribution is 2.24. The molecule has 5 nitrogen and oxygen atoms in total. The molecule has 110 valence electrons. The van der Waals surface area contributed by atoms with Crippen LogP contribution in [0, 0.1) is 5.82 Å². The third-order valence-corrected chi connectivity index (χ3v) is 3.07. The predicted molar refractivity (Wildman–Crippen MR) is 78.5 cm³/mol. The highest BCUT2D eigenvalue weighted by atomic mass is 19.1. The summed E-state index contributed by atoms with van der Waals surface area (Å²) in [6.07, 6.45) is 1.50. The molecular formula is C15H16FN3O2. The second kappa shape index (κ2) is 6.21. The summed E-state index contributed by atoms with van der Waals surface area (Å²) < 4.78 is 17.6. The normalized spacial score (nSPS) is 10.2. The zero-order valence-corrected chi connectivity index (χ0v) is 11.8. The summed E-state index contributed by atoms with van der Waals surface area (Å²) in [4.78, 5) is 17.6. The highest BCUT2D eigenvalue weighted by molar-refractivity contribution is 5.97. The number of methoxy groups -OCH3 is 1. The largest absolute Gasteiger partial charge is 0.465 e. The SMILES string of the molecule is COC(=O)c1ccnc(N(C)Cc2ccc(F)cc2)c1N. The van der Waals surface area contributed by atoms with Gasteiger partial charge < -0.3 is 15.4 Å². The molecule has 2 N–H and O–H groups in total. The van der Waals surface area contributed by atoms with Gasteiger partial charge in [0.05, 0.1) is 18.4 Å². The third-order valence-electron chi connectivity index (χ3n) is 3.07. The van der Waals surface area contributed by atoms with E-state index in [0.29, 0.717) is 12.4 Å². The van der Waals surface area contributed by atoms with Crippen molar-refractivity contribution >= 4 is 17.5 Å². The summed E-state index contributed by atoms with van der Waals surface area (Å²) in [5, 5.41) is 0. The molecule has 0 unspecified atom stereocenters. The average molecular weight is 289 g/mol. The van der Waals surface area contributed by atoms with Crippen molar-refractivity contribution in [3.8, 4) is 0 Å². The first-order valence-corrected chi connectivity index (χ1v) is 6.31. The number of benzene rings is 1. The Morgan fingerprint density at radius 1 is 1.33 bits per heavy atom. The first-order chi connectivity index (χ1) is 10.0. The molecule has 0 saturated heterocycles. The molecule has 0 fully saturated rings. The lowest BCUT2D eigenvalue weighted by atomic mass is 10.2. The molecule has 0 aliphatic carbocycles. The van der Waals surface area contributed by atoms with Crippen LogP contribution in [0.4, 0.5) is 15.9 Å². The number of ether oxygens (including phenoxy) is 1. The number of pyridine rings is 1. The van der Waals surface area contributed by atoms with Crippen LogP contribution in [0.5, 0.6) is 0 Å². The zero-order valence-electron chi connectivity index (χ0n) is 11.8. The molecule has 1 aromatic heterocycles. The molecular weight excluding hydrogens is 273 g/mol. The van der Waals surface area contributed by atoms with Gasteiger partial charge in [0.25, 0.3) is 0 Å². The Kier molecular flexibility index (Phi) is 4.37. The Hall–Kier alpha value is -2.63. The third kappa shape index (κ3) is 3.28.